The van der Waals surface area contributed by atoms with Crippen LogP contribution in [0.25, 0.3) is 55.7 Å². The third kappa shape index (κ3) is 3.49. The van der Waals surface area contributed by atoms with Crippen molar-refractivity contribution in [1.29, 1.82) is 0 Å². The van der Waals surface area contributed by atoms with E-state index in [0.717, 1.165) is 42.7 Å². The van der Waals surface area contributed by atoms with Gasteiger partial charge in [0.1, 0.15) is 0 Å². The Morgan fingerprint density at radius 3 is 1.21 bits per heavy atom. The molecule has 1 aromatic heterocycles. The molecular formula is C29H18BrN3. The summed E-state index contributed by atoms with van der Waals surface area (Å²) in [7, 11) is 0. The highest BCUT2D eigenvalue weighted by molar-refractivity contribution is 9.10. The normalized spacial score (nSPS) is 11.2. The summed E-state index contributed by atoms with van der Waals surface area (Å²) < 4.78 is 1.08. The van der Waals surface area contributed by atoms with E-state index in [1.165, 1.54) is 0 Å². The van der Waals surface area contributed by atoms with Gasteiger partial charge in [-0.3, -0.25) is 0 Å². The van der Waals surface area contributed by atoms with Crippen LogP contribution >= 0.6 is 15.9 Å². The molecule has 0 unspecified atom stereocenters. The molecule has 156 valence electrons. The van der Waals surface area contributed by atoms with Gasteiger partial charge in [-0.15, -0.1) is 0 Å². The largest absolute Gasteiger partial charge is 0.208 e. The molecule has 3 nitrogen and oxygen atoms in total. The number of halogens is 1. The van der Waals surface area contributed by atoms with Crippen molar-refractivity contribution in [3.8, 4) is 34.2 Å². The lowest BCUT2D eigenvalue weighted by molar-refractivity contribution is 1.08. The molecule has 5 aromatic carbocycles. The third-order valence-corrected chi connectivity index (χ3v) is 6.64. The number of hydrogen-bond donors (Lipinski definition) is 0. The molecule has 0 saturated heterocycles. The van der Waals surface area contributed by atoms with Gasteiger partial charge in [-0.2, -0.15) is 0 Å². The Morgan fingerprint density at radius 1 is 0.394 bits per heavy atom. The summed E-state index contributed by atoms with van der Waals surface area (Å²) in [6, 6.07) is 36.9. The average Bonchev–Trinajstić information content (AvgIpc) is 2.90. The molecule has 1 heterocycles. The summed E-state index contributed by atoms with van der Waals surface area (Å²) in [4.78, 5) is 14.8. The standard InChI is InChI=1S/C29H18BrN3/c30-26-23-17-9-7-15-21(23)25(22-16-8-10-18-24(22)26)29-32-27(19-11-3-1-4-12-19)31-28(33-29)20-13-5-2-6-14-20/h1-18H. The van der Waals surface area contributed by atoms with Gasteiger partial charge >= 0.3 is 0 Å². The molecule has 0 bridgehead atoms. The molecule has 6 aromatic rings. The molecule has 0 aliphatic carbocycles. The van der Waals surface area contributed by atoms with Gasteiger partial charge in [0, 0.05) is 21.2 Å². The van der Waals surface area contributed by atoms with Crippen LogP contribution < -0.4 is 0 Å². The van der Waals surface area contributed by atoms with Crippen molar-refractivity contribution in [2.75, 3.05) is 0 Å². The molecule has 0 fully saturated rings. The van der Waals surface area contributed by atoms with E-state index in [4.69, 9.17) is 15.0 Å². The molecule has 0 N–H and O–H groups in total. The van der Waals surface area contributed by atoms with Gasteiger partial charge in [-0.1, -0.05) is 109 Å². The highest BCUT2D eigenvalue weighted by atomic mass is 79.9. The van der Waals surface area contributed by atoms with Crippen LogP contribution in [0.3, 0.4) is 0 Å². The van der Waals surface area contributed by atoms with Gasteiger partial charge in [0.15, 0.2) is 17.5 Å². The van der Waals surface area contributed by atoms with Gasteiger partial charge in [0.05, 0.1) is 0 Å². The van der Waals surface area contributed by atoms with E-state index in [2.05, 4.69) is 64.5 Å². The van der Waals surface area contributed by atoms with Gasteiger partial charge in [-0.05, 0) is 37.5 Å². The van der Waals surface area contributed by atoms with Crippen molar-refractivity contribution in [2.45, 2.75) is 0 Å². The number of nitrogens with zero attached hydrogens (tertiary/aromatic N) is 3. The van der Waals surface area contributed by atoms with Crippen molar-refractivity contribution >= 4 is 37.5 Å². The zero-order valence-corrected chi connectivity index (χ0v) is 19.2. The quantitative estimate of drug-likeness (QED) is 0.237. The Balaban J connectivity index is 1.73. The summed E-state index contributed by atoms with van der Waals surface area (Å²) in [6.45, 7) is 0. The van der Waals surface area contributed by atoms with E-state index in [0.29, 0.717) is 17.5 Å². The summed E-state index contributed by atoms with van der Waals surface area (Å²) in [5.74, 6) is 1.99. The fourth-order valence-electron chi connectivity index (χ4n) is 4.24. The van der Waals surface area contributed by atoms with E-state index in [1.54, 1.807) is 0 Å². The maximum Gasteiger partial charge on any atom is 0.165 e. The van der Waals surface area contributed by atoms with Crippen molar-refractivity contribution in [2.24, 2.45) is 0 Å². The predicted molar refractivity (Wildman–Crippen MR) is 139 cm³/mol. The van der Waals surface area contributed by atoms with Crippen LogP contribution in [-0.4, -0.2) is 15.0 Å². The van der Waals surface area contributed by atoms with Crippen molar-refractivity contribution in [3.63, 3.8) is 0 Å². The molecule has 0 saturated carbocycles. The second kappa shape index (κ2) is 8.23. The molecule has 4 heteroatoms. The molecule has 0 aliphatic rings. The first kappa shape index (κ1) is 19.8. The molecule has 0 radical (unpaired) electrons. The minimum atomic E-state index is 0.663. The van der Waals surface area contributed by atoms with Crippen LogP contribution in [0.2, 0.25) is 0 Å². The second-order valence-electron chi connectivity index (χ2n) is 7.82. The van der Waals surface area contributed by atoms with Gasteiger partial charge < -0.3 is 0 Å². The first-order chi connectivity index (χ1) is 16.3. The minimum Gasteiger partial charge on any atom is -0.208 e. The predicted octanol–water partition coefficient (Wildman–Crippen LogP) is 7.94. The van der Waals surface area contributed by atoms with Crippen LogP contribution in [0, 0.1) is 0 Å². The lowest BCUT2D eigenvalue weighted by Crippen LogP contribution is -2.01. The monoisotopic (exact) mass is 487 g/mol. The highest BCUT2D eigenvalue weighted by Gasteiger charge is 2.18. The minimum absolute atomic E-state index is 0.663. The van der Waals surface area contributed by atoms with Gasteiger partial charge in [0.25, 0.3) is 0 Å². The van der Waals surface area contributed by atoms with Gasteiger partial charge in [-0.25, -0.2) is 15.0 Å². The fourth-order valence-corrected chi connectivity index (χ4v) is 4.93. The number of fused-ring (bicyclic) bond motifs is 2. The lowest BCUT2D eigenvalue weighted by Gasteiger charge is -2.14. The van der Waals surface area contributed by atoms with E-state index in [9.17, 15) is 0 Å². The molecule has 0 amide bonds. The van der Waals surface area contributed by atoms with Crippen molar-refractivity contribution < 1.29 is 0 Å². The summed E-state index contributed by atoms with van der Waals surface area (Å²) in [5, 5.41) is 4.47. The smallest absolute Gasteiger partial charge is 0.165 e. The number of aromatic nitrogens is 3. The zero-order valence-electron chi connectivity index (χ0n) is 17.6. The Kier molecular flexibility index (Phi) is 4.93. The molecule has 0 spiro atoms. The van der Waals surface area contributed by atoms with E-state index in [1.807, 2.05) is 60.7 Å². The van der Waals surface area contributed by atoms with E-state index in [-0.39, 0.29) is 0 Å². The van der Waals surface area contributed by atoms with Crippen LogP contribution in [-0.2, 0) is 0 Å². The average molecular weight is 488 g/mol. The highest BCUT2D eigenvalue weighted by Crippen LogP contribution is 2.41. The number of hydrogen-bond acceptors (Lipinski definition) is 3. The Morgan fingerprint density at radius 2 is 0.758 bits per heavy atom. The summed E-state index contributed by atoms with van der Waals surface area (Å²) >= 11 is 3.84. The van der Waals surface area contributed by atoms with Crippen molar-refractivity contribution in [3.05, 3.63) is 114 Å². The van der Waals surface area contributed by atoms with Crippen LogP contribution in [0.15, 0.2) is 114 Å². The van der Waals surface area contributed by atoms with E-state index >= 15 is 0 Å². The maximum absolute atomic E-state index is 4.99. The number of rotatable bonds is 3. The Bertz CT molecular complexity index is 1500. The summed E-state index contributed by atoms with van der Waals surface area (Å²) in [5.41, 5.74) is 2.94. The second-order valence-corrected chi connectivity index (χ2v) is 8.61. The molecule has 6 rings (SSSR count). The molecular weight excluding hydrogens is 470 g/mol. The molecule has 33 heavy (non-hydrogen) atoms. The van der Waals surface area contributed by atoms with Crippen LogP contribution in [0.4, 0.5) is 0 Å². The molecule has 0 aliphatic heterocycles. The fraction of sp³-hybridized carbons (Fsp3) is 0. The van der Waals surface area contributed by atoms with Crippen LogP contribution in [0.5, 0.6) is 0 Å². The first-order valence-electron chi connectivity index (χ1n) is 10.8. The first-order valence-corrected chi connectivity index (χ1v) is 11.5. The maximum atomic E-state index is 4.99. The topological polar surface area (TPSA) is 38.7 Å². The Labute approximate surface area is 199 Å². The summed E-state index contributed by atoms with van der Waals surface area (Å²) in [6.07, 6.45) is 0. The zero-order chi connectivity index (χ0) is 22.2. The third-order valence-electron chi connectivity index (χ3n) is 5.79. The number of benzene rings is 5. The van der Waals surface area contributed by atoms with Gasteiger partial charge in [0.2, 0.25) is 0 Å². The lowest BCUT2D eigenvalue weighted by atomic mass is 9.96. The Hall–Kier alpha value is -3.89. The SMILES string of the molecule is Brc1c2ccccc2c(-c2nc(-c3ccccc3)nc(-c3ccccc3)n2)c2ccccc12. The van der Waals surface area contributed by atoms with Crippen LogP contribution in [0.1, 0.15) is 0 Å². The molecule has 0 atom stereocenters. The van der Waals surface area contributed by atoms with E-state index < -0.39 is 0 Å². The van der Waals surface area contributed by atoms with Crippen molar-refractivity contribution in [1.82, 2.24) is 15.0 Å².